The maximum Gasteiger partial charge on any atom is 0.269 e. The van der Waals surface area contributed by atoms with Crippen molar-refractivity contribution in [2.45, 2.75) is 73.4 Å². The van der Waals surface area contributed by atoms with Crippen molar-refractivity contribution in [3.05, 3.63) is 148 Å². The highest BCUT2D eigenvalue weighted by atomic mass is 32.2. The molecule has 0 amide bonds. The third-order valence-corrected chi connectivity index (χ3v) is 12.7. The third-order valence-electron chi connectivity index (χ3n) is 11.4. The van der Waals surface area contributed by atoms with Crippen LogP contribution in [0.25, 0.3) is 0 Å². The molecular weight excluding hydrogens is 769 g/mol. The number of fused-ring (bicyclic) bond motifs is 2. The van der Waals surface area contributed by atoms with Gasteiger partial charge in [-0.15, -0.1) is 18.3 Å². The molecule has 3 aliphatic rings. The summed E-state index contributed by atoms with van der Waals surface area (Å²) >= 11 is 1.67. The second-order valence-electron chi connectivity index (χ2n) is 15.2. The number of nitro groups is 1. The Balaban J connectivity index is 1.38. The summed E-state index contributed by atoms with van der Waals surface area (Å²) in [6.07, 6.45) is 9.98. The van der Waals surface area contributed by atoms with Crippen LogP contribution in [0.1, 0.15) is 72.3 Å². The first-order valence-corrected chi connectivity index (χ1v) is 21.1. The van der Waals surface area contributed by atoms with Crippen LogP contribution in [-0.2, 0) is 16.2 Å². The molecule has 4 aromatic carbocycles. The molecule has 0 radical (unpaired) electrons. The Labute approximate surface area is 348 Å². The van der Waals surface area contributed by atoms with Crippen molar-refractivity contribution in [2.75, 3.05) is 19.8 Å². The summed E-state index contributed by atoms with van der Waals surface area (Å²) in [6.45, 7) is 4.58. The monoisotopic (exact) mass is 818 g/mol. The first kappa shape index (κ1) is 41.9. The first-order valence-electron chi connectivity index (χ1n) is 20.3. The van der Waals surface area contributed by atoms with Crippen molar-refractivity contribution in [1.29, 1.82) is 0 Å². The fraction of sp³-hybridized carbons (Fsp3) is 0.362. The summed E-state index contributed by atoms with van der Waals surface area (Å²) in [4.78, 5) is 29.6. The molecule has 308 valence electrons. The van der Waals surface area contributed by atoms with Crippen LogP contribution in [0.3, 0.4) is 0 Å². The highest BCUT2D eigenvalue weighted by molar-refractivity contribution is 8.00. The standard InChI is InChI=1S/C47H50N2O9S/c1-2-25-55-47-44(59-38-14-4-3-5-15-38)29-42(48-56-31-32-17-19-35(20-18-32)49(53)54)40-27-34(12-6-8-23-50)39(16-7-9-24-51)45(46(40)47)41-28-37(21-22-43(41)58-47)57-36-13-10-11-33(26-36)30-52/h2-5,10-11,13-15,17-22,26-28,30,34,39,44-46,50-51H,1,6-9,12,16,23-25,29,31H2/t34-,39+,44-,45+,46+,47+/m0/s1. The summed E-state index contributed by atoms with van der Waals surface area (Å²) in [5.41, 5.74) is 3.99. The molecule has 4 aromatic rings. The van der Waals surface area contributed by atoms with Crippen LogP contribution in [0.15, 0.2) is 131 Å². The molecule has 1 fully saturated rings. The SMILES string of the molecule is C=CCO[C@@]12Oc3ccc(Oc4cccc(C=O)c4)cc3[C@H]3[C@H](CCCCO)[C@@H](CCCCO)C=C(C(=NOCc4ccc([N+](=O)[O-])cc4)C[C@@H]1Sc1ccccc1)[C@H]32. The lowest BCUT2D eigenvalue weighted by atomic mass is 9.56. The highest BCUT2D eigenvalue weighted by Crippen LogP contribution is 2.63. The molecule has 6 atom stereocenters. The second kappa shape index (κ2) is 19.7. The lowest BCUT2D eigenvalue weighted by Crippen LogP contribution is -2.64. The number of oxime groups is 1. The summed E-state index contributed by atoms with van der Waals surface area (Å²) < 4.78 is 20.7. The van der Waals surface area contributed by atoms with Crippen LogP contribution in [0.2, 0.25) is 0 Å². The maximum absolute atomic E-state index is 11.6. The van der Waals surface area contributed by atoms with E-state index in [4.69, 9.17) is 24.2 Å². The van der Waals surface area contributed by atoms with Gasteiger partial charge in [0.25, 0.3) is 5.69 Å². The minimum Gasteiger partial charge on any atom is -0.460 e. The Morgan fingerprint density at radius 1 is 0.932 bits per heavy atom. The molecular formula is C47H50N2O9S. The second-order valence-corrected chi connectivity index (χ2v) is 16.4. The summed E-state index contributed by atoms with van der Waals surface area (Å²) in [5, 5.41) is 35.6. The zero-order chi connectivity index (χ0) is 41.2. The number of nitrogens with zero attached hydrogens (tertiary/aromatic N) is 2. The highest BCUT2D eigenvalue weighted by Gasteiger charge is 2.64. The number of aliphatic hydroxyl groups is 2. The van der Waals surface area contributed by atoms with Crippen molar-refractivity contribution < 1.29 is 39.0 Å². The van der Waals surface area contributed by atoms with E-state index in [2.05, 4.69) is 24.8 Å². The van der Waals surface area contributed by atoms with Gasteiger partial charge in [0.15, 0.2) is 0 Å². The normalized spacial score (nSPS) is 23.6. The van der Waals surface area contributed by atoms with Gasteiger partial charge in [-0.2, -0.15) is 0 Å². The number of carbonyl (C=O) groups is 1. The van der Waals surface area contributed by atoms with E-state index in [0.717, 1.165) is 59.3 Å². The number of non-ortho nitro benzene ring substituents is 1. The molecule has 12 heteroatoms. The van der Waals surface area contributed by atoms with E-state index in [9.17, 15) is 25.1 Å². The average molecular weight is 819 g/mol. The van der Waals surface area contributed by atoms with E-state index in [0.29, 0.717) is 42.1 Å². The largest absolute Gasteiger partial charge is 0.460 e. The smallest absolute Gasteiger partial charge is 0.269 e. The molecule has 0 bridgehead atoms. The van der Waals surface area contributed by atoms with Crippen molar-refractivity contribution in [3.8, 4) is 17.2 Å². The third kappa shape index (κ3) is 9.47. The van der Waals surface area contributed by atoms with E-state index in [1.54, 1.807) is 48.2 Å². The molecule has 0 saturated heterocycles. The Hall–Kier alpha value is -5.27. The number of nitro benzene ring substituents is 1. The quantitative estimate of drug-likeness (QED) is 0.0290. The van der Waals surface area contributed by atoms with Crippen molar-refractivity contribution in [2.24, 2.45) is 22.9 Å². The number of unbranched alkanes of at least 4 members (excludes halogenated alkanes) is 2. The maximum atomic E-state index is 11.6. The number of allylic oxidation sites excluding steroid dienone is 1. The van der Waals surface area contributed by atoms with Crippen LogP contribution < -0.4 is 9.47 Å². The number of aldehydes is 1. The van der Waals surface area contributed by atoms with Gasteiger partial charge in [0, 0.05) is 53.7 Å². The zero-order valence-electron chi connectivity index (χ0n) is 32.9. The van der Waals surface area contributed by atoms with E-state index in [1.807, 2.05) is 42.5 Å². The first-order chi connectivity index (χ1) is 28.9. The van der Waals surface area contributed by atoms with Gasteiger partial charge >= 0.3 is 0 Å². The molecule has 0 spiro atoms. The number of carbonyl (C=O) groups excluding carboxylic acids is 1. The molecule has 11 nitrogen and oxygen atoms in total. The van der Waals surface area contributed by atoms with Gasteiger partial charge in [-0.05, 0) is 103 Å². The summed E-state index contributed by atoms with van der Waals surface area (Å²) in [5.74, 6) is 0.354. The van der Waals surface area contributed by atoms with Gasteiger partial charge < -0.3 is 29.3 Å². The number of thioether (sulfide) groups is 1. The number of aliphatic hydroxyl groups excluding tert-OH is 2. The van der Waals surface area contributed by atoms with Crippen molar-refractivity contribution in [3.63, 3.8) is 0 Å². The molecule has 2 N–H and O–H groups in total. The Bertz CT molecular complexity index is 2140. The van der Waals surface area contributed by atoms with Gasteiger partial charge in [0.1, 0.15) is 30.1 Å². The average Bonchev–Trinajstić information content (AvgIpc) is 3.25. The molecule has 2 aliphatic carbocycles. The molecule has 7 rings (SSSR count). The topological polar surface area (TPSA) is 150 Å². The predicted octanol–water partition coefficient (Wildman–Crippen LogP) is 9.83. The molecule has 0 unspecified atom stereocenters. The van der Waals surface area contributed by atoms with Crippen LogP contribution in [0, 0.1) is 27.9 Å². The number of benzene rings is 4. The minimum atomic E-state index is -1.17. The summed E-state index contributed by atoms with van der Waals surface area (Å²) in [7, 11) is 0. The van der Waals surface area contributed by atoms with Crippen LogP contribution in [-0.4, -0.2) is 58.0 Å². The molecule has 59 heavy (non-hydrogen) atoms. The van der Waals surface area contributed by atoms with Gasteiger partial charge in [-0.1, -0.05) is 60.5 Å². The molecule has 1 saturated carbocycles. The van der Waals surface area contributed by atoms with Crippen molar-refractivity contribution in [1.82, 2.24) is 0 Å². The minimum absolute atomic E-state index is 0.00351. The van der Waals surface area contributed by atoms with Gasteiger partial charge in [-0.25, -0.2) is 0 Å². The van der Waals surface area contributed by atoms with Crippen LogP contribution in [0.5, 0.6) is 17.2 Å². The number of hydrogen-bond donors (Lipinski definition) is 2. The van der Waals surface area contributed by atoms with E-state index in [1.165, 1.54) is 12.1 Å². The Morgan fingerprint density at radius 2 is 1.69 bits per heavy atom. The lowest BCUT2D eigenvalue weighted by Gasteiger charge is -2.58. The number of rotatable bonds is 20. The predicted molar refractivity (Wildman–Crippen MR) is 227 cm³/mol. The van der Waals surface area contributed by atoms with Crippen molar-refractivity contribution >= 4 is 29.4 Å². The number of ether oxygens (including phenoxy) is 3. The lowest BCUT2D eigenvalue weighted by molar-refractivity contribution is -0.384. The molecule has 1 heterocycles. The van der Waals surface area contributed by atoms with E-state index >= 15 is 0 Å². The zero-order valence-corrected chi connectivity index (χ0v) is 33.7. The van der Waals surface area contributed by atoms with Gasteiger partial charge in [-0.3, -0.25) is 14.9 Å². The van der Waals surface area contributed by atoms with E-state index in [-0.39, 0.29) is 61.0 Å². The molecule has 1 aliphatic heterocycles. The fourth-order valence-electron chi connectivity index (χ4n) is 8.84. The Kier molecular flexibility index (Phi) is 13.9. The van der Waals surface area contributed by atoms with Gasteiger partial charge in [0.2, 0.25) is 5.79 Å². The van der Waals surface area contributed by atoms with Crippen LogP contribution in [0.4, 0.5) is 5.69 Å². The van der Waals surface area contributed by atoms with E-state index < -0.39 is 10.7 Å². The van der Waals surface area contributed by atoms with Crippen LogP contribution >= 0.6 is 11.8 Å². The molecule has 0 aromatic heterocycles. The summed E-state index contributed by atoms with van der Waals surface area (Å²) in [6, 6.07) is 29.4. The Morgan fingerprint density at radius 3 is 2.42 bits per heavy atom. The fourth-order valence-corrected chi connectivity index (χ4v) is 10.1. The van der Waals surface area contributed by atoms with Gasteiger partial charge in [0.05, 0.1) is 28.4 Å². The number of hydrogen-bond acceptors (Lipinski definition) is 11.